The normalized spacial score (nSPS) is 9.86. The van der Waals surface area contributed by atoms with E-state index in [-0.39, 0.29) is 17.4 Å². The minimum Gasteiger partial charge on any atom is -0.384 e. The maximum absolute atomic E-state index is 11.5. The highest BCUT2D eigenvalue weighted by Gasteiger charge is 2.11. The minimum absolute atomic E-state index is 0.181. The molecule has 0 unspecified atom stereocenters. The van der Waals surface area contributed by atoms with Gasteiger partial charge in [-0.3, -0.25) is 4.79 Å². The number of nitrogen functional groups attached to an aromatic ring is 1. The Kier molecular flexibility index (Phi) is 3.71. The Bertz CT molecular complexity index is 341. The van der Waals surface area contributed by atoms with Crippen LogP contribution in [0.25, 0.3) is 0 Å². The van der Waals surface area contributed by atoms with E-state index in [2.05, 4.69) is 10.3 Å². The molecule has 1 heterocycles. The van der Waals surface area contributed by atoms with Crippen molar-refractivity contribution in [2.24, 2.45) is 0 Å². The van der Waals surface area contributed by atoms with E-state index in [1.54, 1.807) is 12.1 Å². The molecule has 0 radical (unpaired) electrons. The van der Waals surface area contributed by atoms with Crippen LogP contribution in [0.3, 0.4) is 0 Å². The van der Waals surface area contributed by atoms with E-state index < -0.39 is 0 Å². The first-order chi connectivity index (χ1) is 6.65. The Balaban J connectivity index is 2.83. The number of pyridine rings is 1. The molecule has 76 valence electrons. The molecule has 1 aromatic heterocycles. The van der Waals surface area contributed by atoms with Gasteiger partial charge in [-0.1, -0.05) is 18.5 Å². The number of hydrogen-bond donors (Lipinski definition) is 2. The van der Waals surface area contributed by atoms with Crippen LogP contribution in [0.1, 0.15) is 23.8 Å². The monoisotopic (exact) mass is 213 g/mol. The van der Waals surface area contributed by atoms with Crippen LogP contribution in [0.2, 0.25) is 5.02 Å². The van der Waals surface area contributed by atoms with Crippen LogP contribution in [0.15, 0.2) is 12.1 Å². The van der Waals surface area contributed by atoms with Crippen LogP contribution < -0.4 is 11.1 Å². The van der Waals surface area contributed by atoms with E-state index >= 15 is 0 Å². The molecule has 3 N–H and O–H groups in total. The second-order valence-corrected chi connectivity index (χ2v) is 3.23. The molecule has 1 rings (SSSR count). The third-order valence-corrected chi connectivity index (χ3v) is 1.92. The number of aromatic nitrogens is 1. The fourth-order valence-corrected chi connectivity index (χ4v) is 1.13. The zero-order valence-corrected chi connectivity index (χ0v) is 8.64. The number of hydrogen-bond acceptors (Lipinski definition) is 3. The maximum atomic E-state index is 11.5. The standard InChI is InChI=1S/C9H12ClN3O/c1-2-5-12-9(14)8-6(10)3-4-7(11)13-8/h3-4H,2,5H2,1H3,(H2,11,13)(H,12,14). The summed E-state index contributed by atoms with van der Waals surface area (Å²) >= 11 is 5.79. The summed E-state index contributed by atoms with van der Waals surface area (Å²) in [4.78, 5) is 15.3. The summed E-state index contributed by atoms with van der Waals surface area (Å²) in [5.41, 5.74) is 5.62. The highest BCUT2D eigenvalue weighted by atomic mass is 35.5. The van der Waals surface area contributed by atoms with Crippen molar-refractivity contribution in [3.05, 3.63) is 22.8 Å². The Hall–Kier alpha value is -1.29. The van der Waals surface area contributed by atoms with Gasteiger partial charge in [0.15, 0.2) is 0 Å². The lowest BCUT2D eigenvalue weighted by atomic mass is 10.3. The number of nitrogens with zero attached hydrogens (tertiary/aromatic N) is 1. The van der Waals surface area contributed by atoms with Gasteiger partial charge < -0.3 is 11.1 Å². The van der Waals surface area contributed by atoms with Gasteiger partial charge in [0.2, 0.25) is 0 Å². The van der Waals surface area contributed by atoms with Gasteiger partial charge in [-0.15, -0.1) is 0 Å². The lowest BCUT2D eigenvalue weighted by Crippen LogP contribution is -2.25. The van der Waals surface area contributed by atoms with E-state index in [1.165, 1.54) is 0 Å². The smallest absolute Gasteiger partial charge is 0.271 e. The van der Waals surface area contributed by atoms with Crippen LogP contribution in [-0.4, -0.2) is 17.4 Å². The third kappa shape index (κ3) is 2.60. The summed E-state index contributed by atoms with van der Waals surface area (Å²) in [6.07, 6.45) is 0.867. The van der Waals surface area contributed by atoms with Gasteiger partial charge in [0.1, 0.15) is 11.5 Å². The van der Waals surface area contributed by atoms with Gasteiger partial charge in [-0.25, -0.2) is 4.98 Å². The number of amides is 1. The van der Waals surface area contributed by atoms with Crippen molar-refractivity contribution in [2.75, 3.05) is 12.3 Å². The number of anilines is 1. The molecular weight excluding hydrogens is 202 g/mol. The summed E-state index contributed by atoms with van der Waals surface area (Å²) < 4.78 is 0. The minimum atomic E-state index is -0.288. The van der Waals surface area contributed by atoms with Crippen LogP contribution in [0, 0.1) is 0 Å². The van der Waals surface area contributed by atoms with E-state index in [1.807, 2.05) is 6.92 Å². The molecule has 0 aliphatic carbocycles. The van der Waals surface area contributed by atoms with Gasteiger partial charge in [0.05, 0.1) is 5.02 Å². The summed E-state index contributed by atoms with van der Waals surface area (Å²) in [6.45, 7) is 2.57. The zero-order chi connectivity index (χ0) is 10.6. The van der Waals surface area contributed by atoms with Gasteiger partial charge in [0.25, 0.3) is 5.91 Å². The maximum Gasteiger partial charge on any atom is 0.271 e. The summed E-state index contributed by atoms with van der Waals surface area (Å²) in [6, 6.07) is 3.11. The van der Waals surface area contributed by atoms with Crippen LogP contribution in [0.5, 0.6) is 0 Å². The van der Waals surface area contributed by atoms with Gasteiger partial charge >= 0.3 is 0 Å². The fraction of sp³-hybridized carbons (Fsp3) is 0.333. The first-order valence-corrected chi connectivity index (χ1v) is 4.73. The molecule has 0 bridgehead atoms. The van der Waals surface area contributed by atoms with Crippen molar-refractivity contribution >= 4 is 23.3 Å². The molecule has 14 heavy (non-hydrogen) atoms. The van der Waals surface area contributed by atoms with Crippen molar-refractivity contribution in [2.45, 2.75) is 13.3 Å². The number of nitrogens with two attached hydrogens (primary N) is 1. The first-order valence-electron chi connectivity index (χ1n) is 4.35. The molecule has 0 atom stereocenters. The molecule has 1 amide bonds. The van der Waals surface area contributed by atoms with Crippen molar-refractivity contribution in [3.63, 3.8) is 0 Å². The molecule has 0 spiro atoms. The summed E-state index contributed by atoms with van der Waals surface area (Å²) in [7, 11) is 0. The molecule has 0 saturated heterocycles. The third-order valence-electron chi connectivity index (χ3n) is 1.62. The highest BCUT2D eigenvalue weighted by Crippen LogP contribution is 2.14. The Morgan fingerprint density at radius 3 is 3.00 bits per heavy atom. The molecule has 1 aromatic rings. The second kappa shape index (κ2) is 4.81. The molecule has 0 aliphatic heterocycles. The van der Waals surface area contributed by atoms with E-state index in [0.29, 0.717) is 11.6 Å². The molecular formula is C9H12ClN3O. The van der Waals surface area contributed by atoms with Crippen molar-refractivity contribution in [3.8, 4) is 0 Å². The highest BCUT2D eigenvalue weighted by molar-refractivity contribution is 6.33. The molecule has 4 nitrogen and oxygen atoms in total. The zero-order valence-electron chi connectivity index (χ0n) is 7.88. The van der Waals surface area contributed by atoms with Crippen LogP contribution >= 0.6 is 11.6 Å². The topological polar surface area (TPSA) is 68.0 Å². The van der Waals surface area contributed by atoms with Crippen molar-refractivity contribution in [1.82, 2.24) is 10.3 Å². The first kappa shape index (κ1) is 10.8. The lowest BCUT2D eigenvalue weighted by molar-refractivity contribution is 0.0949. The Morgan fingerprint density at radius 2 is 2.36 bits per heavy atom. The SMILES string of the molecule is CCCNC(=O)c1nc(N)ccc1Cl. The van der Waals surface area contributed by atoms with Gasteiger partial charge in [-0.05, 0) is 18.6 Å². The molecule has 5 heteroatoms. The quantitative estimate of drug-likeness (QED) is 0.799. The van der Waals surface area contributed by atoms with Crippen molar-refractivity contribution < 1.29 is 4.79 Å². The summed E-state index contributed by atoms with van der Waals surface area (Å²) in [5.74, 6) is 0.000184. The average molecular weight is 214 g/mol. The van der Waals surface area contributed by atoms with Crippen LogP contribution in [0.4, 0.5) is 5.82 Å². The van der Waals surface area contributed by atoms with E-state index in [0.717, 1.165) is 6.42 Å². The number of carbonyl (C=O) groups is 1. The lowest BCUT2D eigenvalue weighted by Gasteiger charge is -2.04. The molecule has 0 fully saturated rings. The largest absolute Gasteiger partial charge is 0.384 e. The molecule has 0 saturated carbocycles. The number of carbonyl (C=O) groups excluding carboxylic acids is 1. The predicted octanol–water partition coefficient (Wildman–Crippen LogP) is 1.46. The Morgan fingerprint density at radius 1 is 1.64 bits per heavy atom. The van der Waals surface area contributed by atoms with E-state index in [4.69, 9.17) is 17.3 Å². The predicted molar refractivity (Wildman–Crippen MR) is 56.3 cm³/mol. The number of nitrogens with one attached hydrogen (secondary N) is 1. The number of halogens is 1. The van der Waals surface area contributed by atoms with Crippen molar-refractivity contribution in [1.29, 1.82) is 0 Å². The second-order valence-electron chi connectivity index (χ2n) is 2.82. The molecule has 0 aromatic carbocycles. The van der Waals surface area contributed by atoms with Gasteiger partial charge in [-0.2, -0.15) is 0 Å². The Labute approximate surface area is 87.5 Å². The number of rotatable bonds is 3. The van der Waals surface area contributed by atoms with Gasteiger partial charge in [0, 0.05) is 6.54 Å². The average Bonchev–Trinajstić information content (AvgIpc) is 2.18. The summed E-state index contributed by atoms with van der Waals surface area (Å²) in [5, 5.41) is 2.99. The van der Waals surface area contributed by atoms with E-state index in [9.17, 15) is 4.79 Å². The fourth-order valence-electron chi connectivity index (χ4n) is 0.939. The molecule has 0 aliphatic rings. The van der Waals surface area contributed by atoms with Crippen LogP contribution in [-0.2, 0) is 0 Å².